The van der Waals surface area contributed by atoms with E-state index in [2.05, 4.69) is 30.9 Å². The molecule has 0 aliphatic carbocycles. The summed E-state index contributed by atoms with van der Waals surface area (Å²) in [5.74, 6) is 1.41. The number of nitrogens with one attached hydrogen (secondary N) is 1. The highest BCUT2D eigenvalue weighted by atomic mass is 79.9. The van der Waals surface area contributed by atoms with E-state index < -0.39 is 0 Å². The van der Waals surface area contributed by atoms with Crippen LogP contribution in [0.1, 0.15) is 40.5 Å². The fraction of sp³-hybridized carbons (Fsp3) is 0.304. The molecule has 2 aliphatic heterocycles. The van der Waals surface area contributed by atoms with Crippen LogP contribution in [0.5, 0.6) is 0 Å². The van der Waals surface area contributed by atoms with Gasteiger partial charge in [0.2, 0.25) is 0 Å². The van der Waals surface area contributed by atoms with Crippen molar-refractivity contribution in [3.63, 3.8) is 0 Å². The molecule has 0 bridgehead atoms. The zero-order chi connectivity index (χ0) is 22.7. The number of hydrogen-bond donors (Lipinski definition) is 1. The molecule has 1 amide bonds. The number of H-pyrrole nitrogens is 1. The lowest BCUT2D eigenvalue weighted by molar-refractivity contribution is 0.0835. The van der Waals surface area contributed by atoms with Crippen molar-refractivity contribution in [1.29, 1.82) is 0 Å². The standard InChI is InChI=1S/C23H19BrClN5O3/c24-14-7-13-1-4-29(20(13)26-10-14)23(32)15-8-17-18(9-16(15)25)30-19(22(31)28-17)11-27-21(30)12-2-5-33-6-3-12/h7-12H,1-6H2,(H,28,31). The molecule has 168 valence electrons. The fourth-order valence-electron chi connectivity index (χ4n) is 4.80. The molecule has 1 aromatic carbocycles. The van der Waals surface area contributed by atoms with E-state index in [1.54, 1.807) is 29.4 Å². The number of rotatable bonds is 2. The maximum Gasteiger partial charge on any atom is 0.274 e. The van der Waals surface area contributed by atoms with Crippen molar-refractivity contribution in [1.82, 2.24) is 19.4 Å². The number of imidazole rings is 1. The van der Waals surface area contributed by atoms with Gasteiger partial charge in [-0.3, -0.25) is 18.9 Å². The minimum Gasteiger partial charge on any atom is -0.381 e. The molecule has 0 radical (unpaired) electrons. The Hall–Kier alpha value is -2.75. The van der Waals surface area contributed by atoms with Crippen LogP contribution in [0.2, 0.25) is 5.02 Å². The number of anilines is 1. The molecule has 5 heterocycles. The maximum absolute atomic E-state index is 13.4. The summed E-state index contributed by atoms with van der Waals surface area (Å²) < 4.78 is 8.23. The van der Waals surface area contributed by atoms with Crippen LogP contribution in [0, 0.1) is 0 Å². The van der Waals surface area contributed by atoms with Gasteiger partial charge in [0.25, 0.3) is 11.5 Å². The van der Waals surface area contributed by atoms with Gasteiger partial charge in [-0.15, -0.1) is 0 Å². The van der Waals surface area contributed by atoms with Crippen LogP contribution in [-0.4, -0.2) is 45.0 Å². The summed E-state index contributed by atoms with van der Waals surface area (Å²) in [5.41, 5.74) is 2.78. The number of amides is 1. The third-order valence-electron chi connectivity index (χ3n) is 6.43. The Morgan fingerprint density at radius 2 is 1.97 bits per heavy atom. The van der Waals surface area contributed by atoms with Crippen molar-refractivity contribution in [2.75, 3.05) is 24.7 Å². The van der Waals surface area contributed by atoms with Crippen LogP contribution in [0.15, 0.2) is 39.9 Å². The molecule has 1 saturated heterocycles. The number of carbonyl (C=O) groups excluding carboxylic acids is 1. The second kappa shape index (κ2) is 7.93. The quantitative estimate of drug-likeness (QED) is 0.423. The predicted octanol–water partition coefficient (Wildman–Crippen LogP) is 4.08. The van der Waals surface area contributed by atoms with Crippen molar-refractivity contribution in [3.05, 3.63) is 67.4 Å². The summed E-state index contributed by atoms with van der Waals surface area (Å²) >= 11 is 10.1. The topological polar surface area (TPSA) is 92.6 Å². The fourth-order valence-corrected chi connectivity index (χ4v) is 5.42. The molecule has 0 unspecified atom stereocenters. The van der Waals surface area contributed by atoms with Gasteiger partial charge in [-0.25, -0.2) is 9.97 Å². The average molecular weight is 529 g/mol. The van der Waals surface area contributed by atoms with Crippen molar-refractivity contribution in [2.24, 2.45) is 0 Å². The molecule has 2 aliphatic rings. The lowest BCUT2D eigenvalue weighted by atomic mass is 9.99. The van der Waals surface area contributed by atoms with E-state index in [0.29, 0.717) is 52.7 Å². The van der Waals surface area contributed by atoms with Crippen LogP contribution in [-0.2, 0) is 11.2 Å². The molecule has 4 aromatic rings. The van der Waals surface area contributed by atoms with Gasteiger partial charge in [0.15, 0.2) is 0 Å². The molecule has 1 fully saturated rings. The van der Waals surface area contributed by atoms with Crippen molar-refractivity contribution in [3.8, 4) is 0 Å². The van der Waals surface area contributed by atoms with Crippen LogP contribution in [0.4, 0.5) is 5.82 Å². The highest BCUT2D eigenvalue weighted by Crippen LogP contribution is 2.33. The number of fused-ring (bicyclic) bond motifs is 4. The van der Waals surface area contributed by atoms with E-state index in [-0.39, 0.29) is 17.4 Å². The monoisotopic (exact) mass is 527 g/mol. The Morgan fingerprint density at radius 1 is 1.15 bits per heavy atom. The largest absolute Gasteiger partial charge is 0.381 e. The zero-order valence-corrected chi connectivity index (χ0v) is 19.8. The van der Waals surface area contributed by atoms with Crippen LogP contribution in [0.25, 0.3) is 16.6 Å². The second-order valence-corrected chi connectivity index (χ2v) is 9.69. The molecule has 3 aromatic heterocycles. The molecule has 8 nitrogen and oxygen atoms in total. The molecule has 6 rings (SSSR count). The summed E-state index contributed by atoms with van der Waals surface area (Å²) in [5, 5.41) is 0.318. The minimum absolute atomic E-state index is 0.192. The van der Waals surface area contributed by atoms with Gasteiger partial charge in [-0.2, -0.15) is 0 Å². The summed E-state index contributed by atoms with van der Waals surface area (Å²) in [6, 6.07) is 5.37. The van der Waals surface area contributed by atoms with Crippen molar-refractivity contribution < 1.29 is 9.53 Å². The van der Waals surface area contributed by atoms with Gasteiger partial charge < -0.3 is 9.72 Å². The second-order valence-electron chi connectivity index (χ2n) is 8.37. The Morgan fingerprint density at radius 3 is 2.79 bits per heavy atom. The number of pyridine rings is 1. The minimum atomic E-state index is -0.257. The molecule has 33 heavy (non-hydrogen) atoms. The third kappa shape index (κ3) is 3.37. The summed E-state index contributed by atoms with van der Waals surface area (Å²) in [6.45, 7) is 1.86. The molecule has 10 heteroatoms. The van der Waals surface area contributed by atoms with Crippen LogP contribution in [0.3, 0.4) is 0 Å². The molecule has 1 N–H and O–H groups in total. The third-order valence-corrected chi connectivity index (χ3v) is 7.17. The first kappa shape index (κ1) is 20.8. The first-order valence-corrected chi connectivity index (χ1v) is 12.0. The number of benzene rings is 1. The van der Waals surface area contributed by atoms with Crippen LogP contribution >= 0.6 is 27.5 Å². The molecule has 0 saturated carbocycles. The van der Waals surface area contributed by atoms with Gasteiger partial charge in [-0.1, -0.05) is 11.6 Å². The summed E-state index contributed by atoms with van der Waals surface area (Å²) in [7, 11) is 0. The van der Waals surface area contributed by atoms with Gasteiger partial charge in [0.1, 0.15) is 17.2 Å². The highest BCUT2D eigenvalue weighted by molar-refractivity contribution is 9.10. The SMILES string of the molecule is O=C(c1cc2[nH]c(=O)c3cnc(C4CCOCC4)n3c2cc1Cl)N1CCc2cc(Br)cnc21. The van der Waals surface area contributed by atoms with Crippen molar-refractivity contribution in [2.45, 2.75) is 25.2 Å². The lowest BCUT2D eigenvalue weighted by Gasteiger charge is -2.21. The number of aromatic nitrogens is 4. The smallest absolute Gasteiger partial charge is 0.274 e. The van der Waals surface area contributed by atoms with E-state index in [1.807, 2.05) is 10.5 Å². The molecule has 0 spiro atoms. The van der Waals surface area contributed by atoms with Crippen LogP contribution < -0.4 is 10.5 Å². The first-order chi connectivity index (χ1) is 16.0. The van der Waals surface area contributed by atoms with E-state index in [1.165, 1.54) is 0 Å². The highest BCUT2D eigenvalue weighted by Gasteiger charge is 2.29. The number of hydrogen-bond acceptors (Lipinski definition) is 5. The number of ether oxygens (including phenoxy) is 1. The van der Waals surface area contributed by atoms with E-state index in [0.717, 1.165) is 35.1 Å². The zero-order valence-electron chi connectivity index (χ0n) is 17.5. The predicted molar refractivity (Wildman–Crippen MR) is 128 cm³/mol. The number of halogens is 2. The first-order valence-electron chi connectivity index (χ1n) is 10.8. The Balaban J connectivity index is 1.48. The van der Waals surface area contributed by atoms with E-state index in [9.17, 15) is 9.59 Å². The van der Waals surface area contributed by atoms with Gasteiger partial charge in [0, 0.05) is 36.3 Å². The van der Waals surface area contributed by atoms with Gasteiger partial charge in [0.05, 0.1) is 27.8 Å². The van der Waals surface area contributed by atoms with E-state index in [4.69, 9.17) is 16.3 Å². The van der Waals surface area contributed by atoms with E-state index >= 15 is 0 Å². The maximum atomic E-state index is 13.4. The number of aromatic amines is 1. The summed E-state index contributed by atoms with van der Waals surface area (Å²) in [4.78, 5) is 39.8. The Kier molecular flexibility index (Phi) is 5.01. The lowest BCUT2D eigenvalue weighted by Crippen LogP contribution is -2.30. The molecular formula is C23H19BrClN5O3. The van der Waals surface area contributed by atoms with Crippen molar-refractivity contribution >= 4 is 55.8 Å². The van der Waals surface area contributed by atoms with Gasteiger partial charge >= 0.3 is 0 Å². The van der Waals surface area contributed by atoms with Gasteiger partial charge in [-0.05, 0) is 59.0 Å². The summed E-state index contributed by atoms with van der Waals surface area (Å²) in [6.07, 6.45) is 5.68. The normalized spacial score (nSPS) is 16.6. The Labute approximate surface area is 201 Å². The molecular weight excluding hydrogens is 510 g/mol. The number of carbonyl (C=O) groups is 1. The molecule has 0 atom stereocenters. The Bertz CT molecular complexity index is 1490. The average Bonchev–Trinajstić information content (AvgIpc) is 3.44. The number of nitrogens with zero attached hydrogens (tertiary/aromatic N) is 4.